The van der Waals surface area contributed by atoms with Crippen LogP contribution in [-0.4, -0.2) is 26.4 Å². The lowest BCUT2D eigenvalue weighted by Gasteiger charge is -2.06. The van der Waals surface area contributed by atoms with Crippen molar-refractivity contribution < 1.29 is 13.3 Å². The van der Waals surface area contributed by atoms with Crippen molar-refractivity contribution in [2.45, 2.75) is 11.3 Å². The number of nitro benzene ring substituents is 1. The summed E-state index contributed by atoms with van der Waals surface area (Å²) in [6, 6.07) is 3.77. The third-order valence-corrected chi connectivity index (χ3v) is 4.08. The lowest BCUT2D eigenvalue weighted by atomic mass is 10.3. The minimum Gasteiger partial charge on any atom is -0.330 e. The fourth-order valence-electron chi connectivity index (χ4n) is 1.25. The first-order valence-electron chi connectivity index (χ1n) is 5.02. The molecule has 0 atom stereocenters. The smallest absolute Gasteiger partial charge is 0.290 e. The molecule has 0 aromatic heterocycles. The van der Waals surface area contributed by atoms with E-state index in [1.165, 1.54) is 12.1 Å². The van der Waals surface area contributed by atoms with Crippen molar-refractivity contribution in [1.29, 1.82) is 0 Å². The highest BCUT2D eigenvalue weighted by Gasteiger charge is 2.25. The Morgan fingerprint density at radius 3 is 2.67 bits per heavy atom. The summed E-state index contributed by atoms with van der Waals surface area (Å²) in [5.41, 5.74) is 4.78. The highest BCUT2D eigenvalue weighted by Crippen LogP contribution is 2.27. The molecule has 7 nitrogen and oxygen atoms in total. The van der Waals surface area contributed by atoms with Gasteiger partial charge in [-0.05, 0) is 25.1 Å². The zero-order chi connectivity index (χ0) is 13.8. The summed E-state index contributed by atoms with van der Waals surface area (Å²) in [7, 11) is -3.89. The van der Waals surface area contributed by atoms with Gasteiger partial charge >= 0.3 is 0 Å². The Hall–Kier alpha value is -1.03. The van der Waals surface area contributed by atoms with Crippen molar-refractivity contribution in [2.24, 2.45) is 5.73 Å². The van der Waals surface area contributed by atoms with Crippen LogP contribution in [0.15, 0.2) is 27.6 Å². The van der Waals surface area contributed by atoms with Gasteiger partial charge in [-0.25, -0.2) is 13.1 Å². The molecule has 0 aliphatic heterocycles. The predicted molar refractivity (Wildman–Crippen MR) is 69.7 cm³/mol. The monoisotopic (exact) mass is 337 g/mol. The molecule has 1 aromatic rings. The fraction of sp³-hybridized carbons (Fsp3) is 0.333. The topological polar surface area (TPSA) is 115 Å². The molecule has 0 aliphatic rings. The van der Waals surface area contributed by atoms with E-state index in [4.69, 9.17) is 5.73 Å². The molecule has 0 heterocycles. The Morgan fingerprint density at radius 1 is 1.44 bits per heavy atom. The normalized spacial score (nSPS) is 11.4. The van der Waals surface area contributed by atoms with E-state index in [0.29, 0.717) is 17.4 Å². The number of nitro groups is 1. The van der Waals surface area contributed by atoms with Crippen molar-refractivity contribution in [3.05, 3.63) is 32.8 Å². The van der Waals surface area contributed by atoms with E-state index in [1.54, 1.807) is 0 Å². The molecule has 0 aliphatic carbocycles. The van der Waals surface area contributed by atoms with Crippen LogP contribution in [0.5, 0.6) is 0 Å². The van der Waals surface area contributed by atoms with Crippen molar-refractivity contribution in [2.75, 3.05) is 13.1 Å². The second-order valence-electron chi connectivity index (χ2n) is 3.41. The van der Waals surface area contributed by atoms with Crippen LogP contribution in [0.2, 0.25) is 0 Å². The summed E-state index contributed by atoms with van der Waals surface area (Å²) in [6.45, 7) is 0.483. The minimum atomic E-state index is -3.89. The van der Waals surface area contributed by atoms with E-state index < -0.39 is 20.6 Å². The molecular weight excluding hydrogens is 326 g/mol. The fourth-order valence-corrected chi connectivity index (χ4v) is 2.82. The van der Waals surface area contributed by atoms with E-state index in [0.717, 1.165) is 6.07 Å². The third-order valence-electron chi connectivity index (χ3n) is 2.08. The molecule has 0 saturated carbocycles. The molecule has 1 rings (SSSR count). The van der Waals surface area contributed by atoms with Crippen molar-refractivity contribution in [3.8, 4) is 0 Å². The average Bonchev–Trinajstić information content (AvgIpc) is 2.28. The Bertz CT molecular complexity index is 547. The van der Waals surface area contributed by atoms with Crippen LogP contribution in [-0.2, 0) is 10.0 Å². The molecule has 1 aromatic carbocycles. The number of sulfonamides is 1. The minimum absolute atomic E-state index is 0.145. The Labute approximate surface area is 113 Å². The van der Waals surface area contributed by atoms with Gasteiger partial charge in [0.05, 0.1) is 4.92 Å². The average molecular weight is 338 g/mol. The van der Waals surface area contributed by atoms with Gasteiger partial charge in [-0.15, -0.1) is 0 Å². The lowest BCUT2D eigenvalue weighted by Crippen LogP contribution is -2.26. The van der Waals surface area contributed by atoms with Crippen molar-refractivity contribution >= 4 is 31.6 Å². The number of hydrogen-bond donors (Lipinski definition) is 2. The third kappa shape index (κ3) is 3.73. The van der Waals surface area contributed by atoms with Gasteiger partial charge in [0, 0.05) is 17.1 Å². The van der Waals surface area contributed by atoms with Crippen molar-refractivity contribution in [3.63, 3.8) is 0 Å². The number of hydrogen-bond acceptors (Lipinski definition) is 5. The largest absolute Gasteiger partial charge is 0.330 e. The molecule has 0 saturated heterocycles. The van der Waals surface area contributed by atoms with Crippen LogP contribution >= 0.6 is 15.9 Å². The second kappa shape index (κ2) is 6.23. The second-order valence-corrected chi connectivity index (χ2v) is 6.06. The molecule has 9 heteroatoms. The molecule has 0 spiro atoms. The summed E-state index contributed by atoms with van der Waals surface area (Å²) in [5, 5.41) is 10.8. The molecule has 0 bridgehead atoms. The van der Waals surface area contributed by atoms with Crippen LogP contribution < -0.4 is 10.5 Å². The molecule has 0 fully saturated rings. The van der Waals surface area contributed by atoms with Gasteiger partial charge in [0.15, 0.2) is 4.90 Å². The number of nitrogens with two attached hydrogens (primary N) is 1. The van der Waals surface area contributed by atoms with E-state index in [-0.39, 0.29) is 11.4 Å². The SMILES string of the molecule is NCCCNS(=O)(=O)c1ccc(Br)cc1[N+](=O)[O-]. The molecule has 18 heavy (non-hydrogen) atoms. The van der Waals surface area contributed by atoms with E-state index in [1.807, 2.05) is 0 Å². The summed E-state index contributed by atoms with van der Waals surface area (Å²) >= 11 is 3.06. The molecule has 100 valence electrons. The van der Waals surface area contributed by atoms with Crippen LogP contribution in [0, 0.1) is 10.1 Å². The zero-order valence-corrected chi connectivity index (χ0v) is 11.7. The number of nitrogens with zero attached hydrogens (tertiary/aromatic N) is 1. The summed E-state index contributed by atoms with van der Waals surface area (Å²) in [6.07, 6.45) is 0.462. The van der Waals surface area contributed by atoms with Gasteiger partial charge < -0.3 is 5.73 Å². The molecule has 0 unspecified atom stereocenters. The predicted octanol–water partition coefficient (Wildman–Crippen LogP) is 0.984. The lowest BCUT2D eigenvalue weighted by molar-refractivity contribution is -0.387. The highest BCUT2D eigenvalue weighted by atomic mass is 79.9. The maximum atomic E-state index is 11.9. The maximum Gasteiger partial charge on any atom is 0.290 e. The number of nitrogens with one attached hydrogen (secondary N) is 1. The standard InChI is InChI=1S/C9H12BrN3O4S/c10-7-2-3-9(8(6-7)13(14)15)18(16,17)12-5-1-4-11/h2-3,6,12H,1,4-5,11H2. The first-order valence-corrected chi connectivity index (χ1v) is 7.30. The van der Waals surface area contributed by atoms with Crippen molar-refractivity contribution in [1.82, 2.24) is 4.72 Å². The molecule has 0 radical (unpaired) electrons. The summed E-state index contributed by atoms with van der Waals surface area (Å²) in [5.74, 6) is 0. The van der Waals surface area contributed by atoms with Gasteiger partial charge in [-0.3, -0.25) is 10.1 Å². The Kier molecular flexibility index (Phi) is 5.20. The summed E-state index contributed by atoms with van der Waals surface area (Å²) in [4.78, 5) is 9.74. The van der Waals surface area contributed by atoms with Crippen LogP contribution in [0.1, 0.15) is 6.42 Å². The molecule has 0 amide bonds. The van der Waals surface area contributed by atoms with E-state index in [2.05, 4.69) is 20.7 Å². The maximum absolute atomic E-state index is 11.9. The van der Waals surface area contributed by atoms with Crippen LogP contribution in [0.25, 0.3) is 0 Å². The Morgan fingerprint density at radius 2 is 2.11 bits per heavy atom. The highest BCUT2D eigenvalue weighted by molar-refractivity contribution is 9.10. The van der Waals surface area contributed by atoms with Gasteiger partial charge in [-0.1, -0.05) is 15.9 Å². The first-order chi connectivity index (χ1) is 8.38. The van der Waals surface area contributed by atoms with Gasteiger partial charge in [0.25, 0.3) is 5.69 Å². The number of benzene rings is 1. The quantitative estimate of drug-likeness (QED) is 0.456. The molecule has 3 N–H and O–H groups in total. The number of rotatable bonds is 6. The summed E-state index contributed by atoms with van der Waals surface area (Å²) < 4.78 is 26.4. The van der Waals surface area contributed by atoms with Gasteiger partial charge in [0.1, 0.15) is 0 Å². The van der Waals surface area contributed by atoms with Crippen LogP contribution in [0.3, 0.4) is 0 Å². The van der Waals surface area contributed by atoms with Crippen LogP contribution in [0.4, 0.5) is 5.69 Å². The van der Waals surface area contributed by atoms with Gasteiger partial charge in [-0.2, -0.15) is 0 Å². The van der Waals surface area contributed by atoms with Gasteiger partial charge in [0.2, 0.25) is 10.0 Å². The van der Waals surface area contributed by atoms with E-state index in [9.17, 15) is 18.5 Å². The Balaban J connectivity index is 3.12. The first kappa shape index (κ1) is 15.0. The van der Waals surface area contributed by atoms with E-state index >= 15 is 0 Å². The zero-order valence-electron chi connectivity index (χ0n) is 9.30. The number of halogens is 1. The molecular formula is C9H12BrN3O4S.